The van der Waals surface area contributed by atoms with Crippen LogP contribution in [-0.4, -0.2) is 6.04 Å². The lowest BCUT2D eigenvalue weighted by Crippen LogP contribution is -2.38. The van der Waals surface area contributed by atoms with Crippen molar-refractivity contribution in [3.8, 4) is 22.3 Å². The second-order valence-electron chi connectivity index (χ2n) is 20.3. The van der Waals surface area contributed by atoms with Gasteiger partial charge in [-0.25, -0.2) is 0 Å². The topological polar surface area (TPSA) is 6.48 Å². The molecular weight excluding hydrogens is 869 g/mol. The van der Waals surface area contributed by atoms with Crippen molar-refractivity contribution in [2.45, 2.75) is 42.6 Å². The molecule has 0 bridgehead atoms. The Kier molecular flexibility index (Phi) is 9.93. The lowest BCUT2D eigenvalue weighted by atomic mass is 9.67. The lowest BCUT2D eigenvalue weighted by Gasteiger charge is -2.39. The number of nitrogens with zero attached hydrogens (tertiary/aromatic N) is 2. The molecule has 10 aromatic carbocycles. The highest BCUT2D eigenvalue weighted by Crippen LogP contribution is 2.60. The van der Waals surface area contributed by atoms with Gasteiger partial charge in [0, 0.05) is 40.4 Å². The summed E-state index contributed by atoms with van der Waals surface area (Å²) in [7, 11) is 0. The molecule has 3 aliphatic carbocycles. The third-order valence-electron chi connectivity index (χ3n) is 16.8. The Bertz CT molecular complexity index is 3590. The maximum absolute atomic E-state index is 2.70. The fourth-order valence-electron chi connectivity index (χ4n) is 13.9. The lowest BCUT2D eigenvalue weighted by molar-refractivity contribution is 0.445. The Hall–Kier alpha value is -8.46. The summed E-state index contributed by atoms with van der Waals surface area (Å²) in [4.78, 5) is 5.32. The largest absolute Gasteiger partial charge is 0.337 e. The standard InChI is InChI=1S/C70H54N2/c1-48-45-61-67(71(53-29-13-5-14-30-53)55-40-41-59-58-35-19-20-36-62(58)69(65(59)47-55,49-23-7-2-8-24-49)50-25-9-3-10-26-50)43-44-68(61)72(54-31-15-6-16-32-54)66-42-39-52(46-60(48)66)70(51-27-11-4-12-28-51)63-37-21-17-33-56(63)57-34-18-22-38-64(57)70/h2-42,44,46-48,61,67H,43,45H2,1H3/t48?,61-,67+/m0/s1. The van der Waals surface area contributed by atoms with Crippen LogP contribution in [0, 0.1) is 5.92 Å². The first kappa shape index (κ1) is 42.4. The average molecular weight is 923 g/mol. The Morgan fingerprint density at radius 2 is 0.861 bits per heavy atom. The highest BCUT2D eigenvalue weighted by atomic mass is 15.2. The van der Waals surface area contributed by atoms with E-state index in [1.165, 1.54) is 101 Å². The Morgan fingerprint density at radius 1 is 0.403 bits per heavy atom. The van der Waals surface area contributed by atoms with Crippen LogP contribution in [0.2, 0.25) is 0 Å². The molecule has 0 saturated carbocycles. The number of hydrogen-bond acceptors (Lipinski definition) is 2. The van der Waals surface area contributed by atoms with Crippen molar-refractivity contribution in [1.29, 1.82) is 0 Å². The number of hydrogen-bond donors (Lipinski definition) is 0. The van der Waals surface area contributed by atoms with Crippen LogP contribution in [0.3, 0.4) is 0 Å². The quantitative estimate of drug-likeness (QED) is 0.150. The molecule has 4 aliphatic rings. The van der Waals surface area contributed by atoms with E-state index < -0.39 is 10.8 Å². The number of rotatable bonds is 8. The van der Waals surface area contributed by atoms with Crippen molar-refractivity contribution in [2.24, 2.45) is 5.92 Å². The van der Waals surface area contributed by atoms with E-state index in [1.807, 2.05) is 0 Å². The van der Waals surface area contributed by atoms with E-state index in [4.69, 9.17) is 0 Å². The second kappa shape index (κ2) is 16.9. The van der Waals surface area contributed by atoms with E-state index in [0.717, 1.165) is 12.8 Å². The van der Waals surface area contributed by atoms with Gasteiger partial charge in [-0.1, -0.05) is 231 Å². The van der Waals surface area contributed by atoms with Gasteiger partial charge in [-0.2, -0.15) is 0 Å². The van der Waals surface area contributed by atoms with Gasteiger partial charge in [0.05, 0.1) is 10.8 Å². The van der Waals surface area contributed by atoms with Gasteiger partial charge in [-0.3, -0.25) is 0 Å². The molecule has 344 valence electrons. The summed E-state index contributed by atoms with van der Waals surface area (Å²) in [6.07, 6.45) is 4.49. The number of para-hydroxylation sites is 2. The maximum atomic E-state index is 2.70. The predicted octanol–water partition coefficient (Wildman–Crippen LogP) is 17.2. The minimum atomic E-state index is -0.496. The summed E-state index contributed by atoms with van der Waals surface area (Å²) in [6.45, 7) is 2.49. The molecule has 3 atom stereocenters. The molecule has 0 radical (unpaired) electrons. The van der Waals surface area contributed by atoms with Gasteiger partial charge in [0.1, 0.15) is 0 Å². The summed E-state index contributed by atoms with van der Waals surface area (Å²) in [5, 5.41) is 0. The summed E-state index contributed by atoms with van der Waals surface area (Å²) in [5.74, 6) is 0.462. The molecular formula is C70H54N2. The molecule has 2 nitrogen and oxygen atoms in total. The molecule has 0 spiro atoms. The summed E-state index contributed by atoms with van der Waals surface area (Å²) in [6, 6.07) is 98.3. The Labute approximate surface area is 423 Å². The van der Waals surface area contributed by atoms with E-state index in [2.05, 4.69) is 284 Å². The van der Waals surface area contributed by atoms with Crippen LogP contribution in [0.25, 0.3) is 22.3 Å². The third kappa shape index (κ3) is 6.15. The molecule has 0 N–H and O–H groups in total. The van der Waals surface area contributed by atoms with E-state index in [1.54, 1.807) is 0 Å². The summed E-state index contributed by atoms with van der Waals surface area (Å²) >= 11 is 0. The minimum absolute atomic E-state index is 0.152. The minimum Gasteiger partial charge on any atom is -0.337 e. The molecule has 14 rings (SSSR count). The molecule has 0 aromatic heterocycles. The number of anilines is 4. The van der Waals surface area contributed by atoms with Gasteiger partial charge in [0.15, 0.2) is 0 Å². The number of fused-ring (bicyclic) bond motifs is 8. The second-order valence-corrected chi connectivity index (χ2v) is 20.3. The maximum Gasteiger partial charge on any atom is 0.0714 e. The third-order valence-corrected chi connectivity index (χ3v) is 16.8. The molecule has 0 fully saturated rings. The Morgan fingerprint density at radius 3 is 1.40 bits per heavy atom. The molecule has 0 saturated heterocycles. The van der Waals surface area contributed by atoms with Gasteiger partial charge in [0.25, 0.3) is 0 Å². The first-order valence-corrected chi connectivity index (χ1v) is 25.8. The zero-order chi connectivity index (χ0) is 47.8. The zero-order valence-electron chi connectivity index (χ0n) is 40.4. The highest BCUT2D eigenvalue weighted by molar-refractivity contribution is 5.90. The molecule has 10 aromatic rings. The average Bonchev–Trinajstić information content (AvgIpc) is 4.07. The van der Waals surface area contributed by atoms with Crippen molar-refractivity contribution in [1.82, 2.24) is 0 Å². The molecule has 1 unspecified atom stereocenters. The normalized spacial score (nSPS) is 18.4. The molecule has 0 amide bonds. The van der Waals surface area contributed by atoms with Crippen LogP contribution in [0.5, 0.6) is 0 Å². The van der Waals surface area contributed by atoms with E-state index in [-0.39, 0.29) is 17.9 Å². The SMILES string of the molecule is CC1C[C@@H]2C(=CC[C@H]2N(c2ccccc2)c2ccc3c(c2)C(c2ccccc2)(c2ccccc2)c2ccccc2-3)N(c2ccccc2)c2ccc(C3(c4ccccc4)c4ccccc4-c4ccccc43)cc21. The van der Waals surface area contributed by atoms with Crippen molar-refractivity contribution in [2.75, 3.05) is 9.80 Å². The van der Waals surface area contributed by atoms with E-state index in [0.29, 0.717) is 0 Å². The molecule has 1 heterocycles. The molecule has 72 heavy (non-hydrogen) atoms. The fourth-order valence-corrected chi connectivity index (χ4v) is 13.9. The van der Waals surface area contributed by atoms with Crippen LogP contribution >= 0.6 is 0 Å². The molecule has 2 heteroatoms. The van der Waals surface area contributed by atoms with Crippen LogP contribution in [0.15, 0.2) is 273 Å². The first-order valence-electron chi connectivity index (χ1n) is 25.8. The van der Waals surface area contributed by atoms with E-state index in [9.17, 15) is 0 Å². The van der Waals surface area contributed by atoms with Crippen LogP contribution < -0.4 is 9.80 Å². The molecule has 1 aliphatic heterocycles. The van der Waals surface area contributed by atoms with Crippen LogP contribution in [0.4, 0.5) is 22.7 Å². The van der Waals surface area contributed by atoms with Crippen molar-refractivity contribution >= 4 is 22.7 Å². The van der Waals surface area contributed by atoms with E-state index >= 15 is 0 Å². The first-order chi connectivity index (χ1) is 35.7. The van der Waals surface area contributed by atoms with Crippen molar-refractivity contribution in [3.05, 3.63) is 323 Å². The van der Waals surface area contributed by atoms with Crippen molar-refractivity contribution < 1.29 is 0 Å². The van der Waals surface area contributed by atoms with Crippen LogP contribution in [-0.2, 0) is 10.8 Å². The van der Waals surface area contributed by atoms with Gasteiger partial charge in [0.2, 0.25) is 0 Å². The highest BCUT2D eigenvalue weighted by Gasteiger charge is 2.49. The van der Waals surface area contributed by atoms with Gasteiger partial charge >= 0.3 is 0 Å². The van der Waals surface area contributed by atoms with Gasteiger partial charge in [-0.05, 0) is 134 Å². The zero-order valence-corrected chi connectivity index (χ0v) is 40.4. The predicted molar refractivity (Wildman–Crippen MR) is 298 cm³/mol. The van der Waals surface area contributed by atoms with Gasteiger partial charge < -0.3 is 9.80 Å². The van der Waals surface area contributed by atoms with Crippen LogP contribution in [0.1, 0.15) is 75.8 Å². The summed E-state index contributed by atoms with van der Waals surface area (Å²) in [5.41, 5.74) is 22.4. The summed E-state index contributed by atoms with van der Waals surface area (Å²) < 4.78 is 0. The fraction of sp³-hybridized carbons (Fsp3) is 0.114. The number of benzene rings is 10. The Balaban J connectivity index is 0.943. The van der Waals surface area contributed by atoms with Crippen molar-refractivity contribution in [3.63, 3.8) is 0 Å². The monoisotopic (exact) mass is 922 g/mol. The van der Waals surface area contributed by atoms with Gasteiger partial charge in [-0.15, -0.1) is 0 Å². The smallest absolute Gasteiger partial charge is 0.0714 e.